The number of thiophene rings is 1. The first-order valence-electron chi connectivity index (χ1n) is 7.77. The van der Waals surface area contributed by atoms with Crippen molar-refractivity contribution < 1.29 is 4.74 Å². The molecule has 0 aliphatic rings. The molecule has 0 atom stereocenters. The number of ether oxygens (including phenoxy) is 1. The Labute approximate surface area is 153 Å². The summed E-state index contributed by atoms with van der Waals surface area (Å²) in [6, 6.07) is 12.0. The van der Waals surface area contributed by atoms with Gasteiger partial charge in [-0.1, -0.05) is 11.8 Å². The van der Waals surface area contributed by atoms with Gasteiger partial charge in [0, 0.05) is 27.1 Å². The Hall–Kier alpha value is -2.44. The lowest BCUT2D eigenvalue weighted by molar-refractivity contribution is 0.468. The predicted molar refractivity (Wildman–Crippen MR) is 102 cm³/mol. The predicted octanol–water partition coefficient (Wildman–Crippen LogP) is 5.65. The van der Waals surface area contributed by atoms with Gasteiger partial charge in [-0.25, -0.2) is 9.97 Å². The molecule has 0 spiro atoms. The van der Waals surface area contributed by atoms with Gasteiger partial charge in [0.2, 0.25) is 5.88 Å². The lowest BCUT2D eigenvalue weighted by Gasteiger charge is -2.07. The number of nitrogens with zero attached hydrogens (tertiary/aromatic N) is 3. The minimum Gasteiger partial charge on any atom is -0.438 e. The van der Waals surface area contributed by atoms with E-state index in [0.29, 0.717) is 5.88 Å². The van der Waals surface area contributed by atoms with Crippen LogP contribution in [0.4, 0.5) is 0 Å². The molecule has 3 heterocycles. The number of fused-ring (bicyclic) bond motifs is 1. The molecule has 4 aromatic rings. The van der Waals surface area contributed by atoms with Gasteiger partial charge in [-0.3, -0.25) is 4.98 Å². The van der Waals surface area contributed by atoms with Crippen molar-refractivity contribution in [2.45, 2.75) is 23.6 Å². The molecule has 0 saturated carbocycles. The maximum atomic E-state index is 6.03. The molecule has 25 heavy (non-hydrogen) atoms. The van der Waals surface area contributed by atoms with E-state index >= 15 is 0 Å². The van der Waals surface area contributed by atoms with Crippen LogP contribution >= 0.6 is 23.1 Å². The van der Waals surface area contributed by atoms with E-state index in [9.17, 15) is 0 Å². The highest BCUT2D eigenvalue weighted by Crippen LogP contribution is 2.36. The molecule has 0 unspecified atom stereocenters. The van der Waals surface area contributed by atoms with Gasteiger partial charge in [0.05, 0.1) is 5.39 Å². The second kappa shape index (κ2) is 6.82. The third-order valence-corrected chi connectivity index (χ3v) is 5.99. The van der Waals surface area contributed by atoms with Crippen molar-refractivity contribution in [3.05, 3.63) is 65.6 Å². The molecule has 0 aliphatic carbocycles. The van der Waals surface area contributed by atoms with Crippen LogP contribution in [0.2, 0.25) is 0 Å². The minimum atomic E-state index is 0.612. The first-order valence-corrected chi connectivity index (χ1v) is 9.40. The third kappa shape index (κ3) is 3.36. The summed E-state index contributed by atoms with van der Waals surface area (Å²) >= 11 is 3.36. The average molecular weight is 365 g/mol. The zero-order valence-corrected chi connectivity index (χ0v) is 15.4. The van der Waals surface area contributed by atoms with Gasteiger partial charge in [-0.05, 0) is 55.8 Å². The van der Waals surface area contributed by atoms with E-state index in [1.54, 1.807) is 41.8 Å². The number of aryl methyl sites for hydroxylation is 2. The van der Waals surface area contributed by atoms with Crippen LogP contribution in [0.25, 0.3) is 10.2 Å². The number of hydrogen-bond donors (Lipinski definition) is 0. The highest BCUT2D eigenvalue weighted by Gasteiger charge is 2.13. The summed E-state index contributed by atoms with van der Waals surface area (Å²) in [6.07, 6.45) is 5.15. The number of pyridine rings is 1. The SMILES string of the molecule is Cc1sc2ncnc(Oc3ccc(Sc4ccncc4)cc3)c2c1C. The van der Waals surface area contributed by atoms with Crippen LogP contribution in [-0.2, 0) is 0 Å². The van der Waals surface area contributed by atoms with Crippen LogP contribution < -0.4 is 4.74 Å². The fraction of sp³-hybridized carbons (Fsp3) is 0.105. The summed E-state index contributed by atoms with van der Waals surface area (Å²) < 4.78 is 6.03. The summed E-state index contributed by atoms with van der Waals surface area (Å²) in [5.74, 6) is 1.38. The molecule has 0 N–H and O–H groups in total. The van der Waals surface area contributed by atoms with Gasteiger partial charge in [0.25, 0.3) is 0 Å². The normalized spacial score (nSPS) is 11.0. The number of aromatic nitrogens is 3. The Morgan fingerprint density at radius 2 is 1.64 bits per heavy atom. The van der Waals surface area contributed by atoms with Crippen LogP contribution in [-0.4, -0.2) is 15.0 Å². The smallest absolute Gasteiger partial charge is 0.231 e. The van der Waals surface area contributed by atoms with Crippen molar-refractivity contribution in [2.75, 3.05) is 0 Å². The maximum absolute atomic E-state index is 6.03. The fourth-order valence-electron chi connectivity index (χ4n) is 2.46. The Balaban J connectivity index is 1.58. The van der Waals surface area contributed by atoms with E-state index in [1.165, 1.54) is 10.4 Å². The van der Waals surface area contributed by atoms with Crippen molar-refractivity contribution in [1.82, 2.24) is 15.0 Å². The molecule has 124 valence electrons. The lowest BCUT2D eigenvalue weighted by Crippen LogP contribution is -1.90. The first-order chi connectivity index (χ1) is 12.2. The first kappa shape index (κ1) is 16.1. The van der Waals surface area contributed by atoms with E-state index < -0.39 is 0 Å². The van der Waals surface area contributed by atoms with Crippen molar-refractivity contribution >= 4 is 33.3 Å². The minimum absolute atomic E-state index is 0.612. The molecule has 6 heteroatoms. The van der Waals surface area contributed by atoms with Crippen molar-refractivity contribution in [2.24, 2.45) is 0 Å². The number of hydrogen-bond acceptors (Lipinski definition) is 6. The topological polar surface area (TPSA) is 47.9 Å². The standard InChI is InChI=1S/C19H15N3OS2/c1-12-13(2)24-19-17(12)18(21-11-22-19)23-14-3-5-15(6-4-14)25-16-7-9-20-10-8-16/h3-11H,1-2H3. The van der Waals surface area contributed by atoms with E-state index in [-0.39, 0.29) is 0 Å². The van der Waals surface area contributed by atoms with Gasteiger partial charge in [-0.15, -0.1) is 11.3 Å². The monoisotopic (exact) mass is 365 g/mol. The fourth-order valence-corrected chi connectivity index (χ4v) is 4.25. The Kier molecular flexibility index (Phi) is 4.38. The van der Waals surface area contributed by atoms with Crippen LogP contribution in [0.1, 0.15) is 10.4 Å². The van der Waals surface area contributed by atoms with Gasteiger partial charge >= 0.3 is 0 Å². The summed E-state index contributed by atoms with van der Waals surface area (Å²) in [7, 11) is 0. The molecule has 4 rings (SSSR count). The van der Waals surface area contributed by atoms with Crippen molar-refractivity contribution in [1.29, 1.82) is 0 Å². The Morgan fingerprint density at radius 1 is 0.920 bits per heavy atom. The molecular weight excluding hydrogens is 350 g/mol. The van der Waals surface area contributed by atoms with Crippen LogP contribution in [0.3, 0.4) is 0 Å². The van der Waals surface area contributed by atoms with Gasteiger partial charge in [0.15, 0.2) is 0 Å². The molecule has 0 radical (unpaired) electrons. The maximum Gasteiger partial charge on any atom is 0.231 e. The zero-order valence-electron chi connectivity index (χ0n) is 13.8. The molecule has 0 amide bonds. The molecule has 0 saturated heterocycles. The summed E-state index contributed by atoms with van der Waals surface area (Å²) in [5.41, 5.74) is 1.18. The number of rotatable bonds is 4. The highest BCUT2D eigenvalue weighted by atomic mass is 32.2. The summed E-state index contributed by atoms with van der Waals surface area (Å²) in [5, 5.41) is 1.00. The van der Waals surface area contributed by atoms with E-state index in [1.807, 2.05) is 36.4 Å². The second-order valence-corrected chi connectivity index (χ2v) is 7.85. The number of benzene rings is 1. The van der Waals surface area contributed by atoms with Crippen molar-refractivity contribution in [3.63, 3.8) is 0 Å². The summed E-state index contributed by atoms with van der Waals surface area (Å²) in [4.78, 5) is 17.2. The Morgan fingerprint density at radius 3 is 2.40 bits per heavy atom. The Bertz CT molecular complexity index is 1010. The quantitative estimate of drug-likeness (QED) is 0.468. The van der Waals surface area contributed by atoms with Crippen LogP contribution in [0, 0.1) is 13.8 Å². The molecule has 0 bridgehead atoms. The molecule has 0 fully saturated rings. The van der Waals surface area contributed by atoms with E-state index in [4.69, 9.17) is 4.74 Å². The average Bonchev–Trinajstić information content (AvgIpc) is 2.93. The molecule has 0 aliphatic heterocycles. The van der Waals surface area contributed by atoms with Gasteiger partial charge in [0.1, 0.15) is 16.9 Å². The lowest BCUT2D eigenvalue weighted by atomic mass is 10.2. The van der Waals surface area contributed by atoms with Crippen LogP contribution in [0.15, 0.2) is 64.9 Å². The second-order valence-electron chi connectivity index (χ2n) is 5.50. The van der Waals surface area contributed by atoms with Crippen molar-refractivity contribution in [3.8, 4) is 11.6 Å². The zero-order chi connectivity index (χ0) is 17.2. The largest absolute Gasteiger partial charge is 0.438 e. The molecule has 3 aromatic heterocycles. The third-order valence-electron chi connectivity index (χ3n) is 3.85. The summed E-state index contributed by atoms with van der Waals surface area (Å²) in [6.45, 7) is 4.18. The van der Waals surface area contributed by atoms with Gasteiger partial charge < -0.3 is 4.74 Å². The van der Waals surface area contributed by atoms with Gasteiger partial charge in [-0.2, -0.15) is 0 Å². The molecule has 1 aromatic carbocycles. The molecule has 4 nitrogen and oxygen atoms in total. The van der Waals surface area contributed by atoms with E-state index in [0.717, 1.165) is 25.8 Å². The van der Waals surface area contributed by atoms with E-state index in [2.05, 4.69) is 28.8 Å². The highest BCUT2D eigenvalue weighted by molar-refractivity contribution is 7.99. The van der Waals surface area contributed by atoms with Crippen LogP contribution in [0.5, 0.6) is 11.6 Å². The molecular formula is C19H15N3OS2.